The number of hydrogen-bond donors (Lipinski definition) is 3. The molecule has 1 aliphatic carbocycles. The fourth-order valence-corrected chi connectivity index (χ4v) is 2.40. The average molecular weight is 265 g/mol. The minimum absolute atomic E-state index is 0.244. The normalized spacial score (nSPS) is 17.6. The largest absolute Gasteiger partial charge is 0.480 e. The van der Waals surface area contributed by atoms with Gasteiger partial charge in [0.25, 0.3) is 5.91 Å². The van der Waals surface area contributed by atoms with E-state index in [1.165, 1.54) is 0 Å². The number of nitrogens with one attached hydrogen (secondary N) is 2. The summed E-state index contributed by atoms with van der Waals surface area (Å²) in [4.78, 5) is 23.5. The first-order valence-corrected chi connectivity index (χ1v) is 6.56. The van der Waals surface area contributed by atoms with Gasteiger partial charge >= 0.3 is 5.97 Å². The molecular weight excluding hydrogens is 246 g/mol. The standard InChI is InChI=1S/C13H19N3O3/c1-8(2)9-7-10(16-15-9)11(17)14-13(12(18)19)5-3-4-6-13/h7-8H,3-6H2,1-2H3,(H,14,17)(H,15,16)(H,18,19). The fraction of sp³-hybridized carbons (Fsp3) is 0.615. The Morgan fingerprint density at radius 1 is 1.42 bits per heavy atom. The Labute approximate surface area is 111 Å². The maximum Gasteiger partial charge on any atom is 0.329 e. The molecule has 6 nitrogen and oxygen atoms in total. The van der Waals surface area contributed by atoms with Crippen LogP contribution >= 0.6 is 0 Å². The molecule has 1 saturated carbocycles. The number of nitrogens with zero attached hydrogens (tertiary/aromatic N) is 1. The van der Waals surface area contributed by atoms with Crippen molar-refractivity contribution in [1.82, 2.24) is 15.5 Å². The van der Waals surface area contributed by atoms with Crippen LogP contribution < -0.4 is 5.32 Å². The summed E-state index contributed by atoms with van der Waals surface area (Å²) >= 11 is 0. The van der Waals surface area contributed by atoms with Crippen LogP contribution in [0.3, 0.4) is 0 Å². The van der Waals surface area contributed by atoms with Crippen LogP contribution in [-0.2, 0) is 4.79 Å². The molecule has 1 aromatic rings. The lowest BCUT2D eigenvalue weighted by Gasteiger charge is -2.24. The monoisotopic (exact) mass is 265 g/mol. The van der Waals surface area contributed by atoms with Gasteiger partial charge in [0, 0.05) is 5.69 Å². The minimum Gasteiger partial charge on any atom is -0.480 e. The van der Waals surface area contributed by atoms with Gasteiger partial charge in [-0.25, -0.2) is 4.79 Å². The van der Waals surface area contributed by atoms with Crippen molar-refractivity contribution in [2.24, 2.45) is 0 Å². The van der Waals surface area contributed by atoms with Crippen LogP contribution in [0.4, 0.5) is 0 Å². The van der Waals surface area contributed by atoms with E-state index in [4.69, 9.17) is 0 Å². The molecule has 1 aliphatic rings. The van der Waals surface area contributed by atoms with Gasteiger partial charge in [-0.15, -0.1) is 0 Å². The molecule has 0 bridgehead atoms. The number of aromatic amines is 1. The summed E-state index contributed by atoms with van der Waals surface area (Å²) in [6.45, 7) is 3.98. The van der Waals surface area contributed by atoms with Crippen molar-refractivity contribution in [3.8, 4) is 0 Å². The van der Waals surface area contributed by atoms with Gasteiger partial charge < -0.3 is 10.4 Å². The molecule has 0 aromatic carbocycles. The minimum atomic E-state index is -1.12. The molecule has 104 valence electrons. The van der Waals surface area contributed by atoms with Gasteiger partial charge in [0.1, 0.15) is 11.2 Å². The van der Waals surface area contributed by atoms with Gasteiger partial charge in [0.15, 0.2) is 0 Å². The third kappa shape index (κ3) is 2.62. The quantitative estimate of drug-likeness (QED) is 0.771. The highest BCUT2D eigenvalue weighted by atomic mass is 16.4. The van der Waals surface area contributed by atoms with Gasteiger partial charge in [-0.1, -0.05) is 26.7 Å². The number of carbonyl (C=O) groups excluding carboxylic acids is 1. The van der Waals surface area contributed by atoms with Gasteiger partial charge in [-0.2, -0.15) is 5.10 Å². The van der Waals surface area contributed by atoms with Crippen LogP contribution in [-0.4, -0.2) is 32.7 Å². The van der Waals surface area contributed by atoms with E-state index in [9.17, 15) is 14.7 Å². The third-order valence-electron chi connectivity index (χ3n) is 3.67. The summed E-state index contributed by atoms with van der Waals surface area (Å²) in [5, 5.41) is 18.7. The van der Waals surface area contributed by atoms with Gasteiger partial charge in [0.2, 0.25) is 0 Å². The van der Waals surface area contributed by atoms with Crippen LogP contribution in [0.2, 0.25) is 0 Å². The Morgan fingerprint density at radius 3 is 2.53 bits per heavy atom. The first kappa shape index (κ1) is 13.6. The van der Waals surface area contributed by atoms with Gasteiger partial charge in [-0.05, 0) is 24.8 Å². The number of carbonyl (C=O) groups is 2. The Kier molecular flexibility index (Phi) is 3.59. The fourth-order valence-electron chi connectivity index (χ4n) is 2.40. The average Bonchev–Trinajstić information content (AvgIpc) is 2.97. The van der Waals surface area contributed by atoms with Gasteiger partial charge in [-0.3, -0.25) is 9.89 Å². The molecule has 1 fully saturated rings. The molecule has 1 aromatic heterocycles. The Bertz CT molecular complexity index is 487. The molecule has 1 amide bonds. The summed E-state index contributed by atoms with van der Waals surface area (Å²) in [5.41, 5.74) is -0.00854. The second-order valence-electron chi connectivity index (χ2n) is 5.41. The third-order valence-corrected chi connectivity index (χ3v) is 3.67. The zero-order valence-corrected chi connectivity index (χ0v) is 11.2. The second-order valence-corrected chi connectivity index (χ2v) is 5.41. The molecule has 19 heavy (non-hydrogen) atoms. The van der Waals surface area contributed by atoms with Gasteiger partial charge in [0.05, 0.1) is 0 Å². The van der Waals surface area contributed by atoms with Crippen molar-refractivity contribution in [2.45, 2.75) is 51.0 Å². The summed E-state index contributed by atoms with van der Waals surface area (Å²) in [5.74, 6) is -1.14. The molecule has 6 heteroatoms. The lowest BCUT2D eigenvalue weighted by molar-refractivity contribution is -0.144. The molecule has 3 N–H and O–H groups in total. The number of carboxylic acid groups (broad SMARTS) is 1. The lowest BCUT2D eigenvalue weighted by Crippen LogP contribution is -2.52. The van der Waals surface area contributed by atoms with E-state index in [1.54, 1.807) is 6.07 Å². The molecule has 0 saturated heterocycles. The number of hydrogen-bond acceptors (Lipinski definition) is 3. The maximum absolute atomic E-state index is 12.1. The molecule has 0 radical (unpaired) electrons. The SMILES string of the molecule is CC(C)c1cc(C(=O)NC2(C(=O)O)CCCC2)n[nH]1. The topological polar surface area (TPSA) is 95.1 Å². The Hall–Kier alpha value is -1.85. The van der Waals surface area contributed by atoms with Crippen molar-refractivity contribution in [1.29, 1.82) is 0 Å². The number of amides is 1. The summed E-state index contributed by atoms with van der Waals surface area (Å²) in [7, 11) is 0. The van der Waals surface area contributed by atoms with E-state index in [-0.39, 0.29) is 11.6 Å². The van der Waals surface area contributed by atoms with Crippen LogP contribution in [0.25, 0.3) is 0 Å². The number of H-pyrrole nitrogens is 1. The highest BCUT2D eigenvalue weighted by Gasteiger charge is 2.43. The van der Waals surface area contributed by atoms with E-state index >= 15 is 0 Å². The van der Waals surface area contributed by atoms with Crippen molar-refractivity contribution in [3.05, 3.63) is 17.5 Å². The number of aliphatic carboxylic acids is 1. The second kappa shape index (κ2) is 5.03. The first-order valence-electron chi connectivity index (χ1n) is 6.56. The lowest BCUT2D eigenvalue weighted by atomic mass is 9.97. The van der Waals surface area contributed by atoms with Crippen LogP contribution in [0.15, 0.2) is 6.07 Å². The van der Waals surface area contributed by atoms with Crippen LogP contribution in [0.5, 0.6) is 0 Å². The smallest absolute Gasteiger partial charge is 0.329 e. The predicted octanol–water partition coefficient (Wildman–Crippen LogP) is 1.66. The molecular formula is C13H19N3O3. The van der Waals surface area contributed by atoms with E-state index in [0.717, 1.165) is 18.5 Å². The Morgan fingerprint density at radius 2 is 2.05 bits per heavy atom. The zero-order valence-electron chi connectivity index (χ0n) is 11.2. The molecule has 0 spiro atoms. The molecule has 0 atom stereocenters. The van der Waals surface area contributed by atoms with Crippen molar-refractivity contribution in [3.63, 3.8) is 0 Å². The van der Waals surface area contributed by atoms with E-state index in [0.29, 0.717) is 12.8 Å². The van der Waals surface area contributed by atoms with Crippen LogP contribution in [0, 0.1) is 0 Å². The predicted molar refractivity (Wildman–Crippen MR) is 69.0 cm³/mol. The van der Waals surface area contributed by atoms with Crippen molar-refractivity contribution in [2.75, 3.05) is 0 Å². The number of aromatic nitrogens is 2. The highest BCUT2D eigenvalue weighted by Crippen LogP contribution is 2.30. The maximum atomic E-state index is 12.1. The molecule has 1 heterocycles. The van der Waals surface area contributed by atoms with E-state index < -0.39 is 17.4 Å². The molecule has 2 rings (SSSR count). The van der Waals surface area contributed by atoms with Crippen molar-refractivity contribution >= 4 is 11.9 Å². The first-order chi connectivity index (χ1) is 8.94. The summed E-state index contributed by atoms with van der Waals surface area (Å²) < 4.78 is 0. The van der Waals surface area contributed by atoms with E-state index in [1.807, 2.05) is 13.8 Å². The van der Waals surface area contributed by atoms with Crippen LogP contribution in [0.1, 0.15) is 61.6 Å². The number of carboxylic acids is 1. The highest BCUT2D eigenvalue weighted by molar-refractivity contribution is 5.96. The summed E-state index contributed by atoms with van der Waals surface area (Å²) in [6.07, 6.45) is 2.61. The molecule has 0 unspecified atom stereocenters. The summed E-state index contributed by atoms with van der Waals surface area (Å²) in [6, 6.07) is 1.67. The van der Waals surface area contributed by atoms with E-state index in [2.05, 4.69) is 15.5 Å². The zero-order chi connectivity index (χ0) is 14.0. The molecule has 0 aliphatic heterocycles. The number of rotatable bonds is 4. The van der Waals surface area contributed by atoms with Crippen molar-refractivity contribution < 1.29 is 14.7 Å². The Balaban J connectivity index is 2.13.